The van der Waals surface area contributed by atoms with Gasteiger partial charge in [0.1, 0.15) is 36.0 Å². The summed E-state index contributed by atoms with van der Waals surface area (Å²) >= 11 is 0. The molecule has 4 aliphatic rings. The summed E-state index contributed by atoms with van der Waals surface area (Å²) in [7, 11) is -3.05. The molecule has 3 N–H and O–H groups in total. The highest BCUT2D eigenvalue weighted by atomic mass is 28.4. The Hall–Kier alpha value is -4.96. The van der Waals surface area contributed by atoms with Crippen LogP contribution < -0.4 is 19.9 Å². The van der Waals surface area contributed by atoms with E-state index >= 15 is 9.59 Å². The van der Waals surface area contributed by atoms with Crippen LogP contribution in [0.4, 0.5) is 13.2 Å². The number of nitrogens with two attached hydrogens (primary N) is 1. The number of likely N-dealkylation sites (tertiary alicyclic amines) is 1. The Morgan fingerprint density at radius 1 is 0.933 bits per heavy atom. The second-order valence-electron chi connectivity index (χ2n) is 17.8. The van der Waals surface area contributed by atoms with Gasteiger partial charge >= 0.3 is 6.36 Å². The molecule has 318 valence electrons. The molecule has 15 heteroatoms. The van der Waals surface area contributed by atoms with Gasteiger partial charge in [-0.1, -0.05) is 81.4 Å². The smallest absolute Gasteiger partial charge is 0.507 e. The summed E-state index contributed by atoms with van der Waals surface area (Å²) < 4.78 is 73.2. The number of aromatic nitrogens is 1. The van der Waals surface area contributed by atoms with Gasteiger partial charge in [-0.05, 0) is 85.2 Å². The van der Waals surface area contributed by atoms with Crippen LogP contribution in [0.5, 0.6) is 17.4 Å². The molecule has 1 aliphatic heterocycles. The SMILES string of the molecule is CC(C)(C)[Si](C)(C)O[C@]12C(=O)C3=C(O)c4c(OCc5ccccc5)cc(CN5CCCC5)c(OC(F)(F)F)c4C[C@H]3C[C@H]1[C@H](N)c1onc(OCc3ccccc3)c1C2=O. The maximum atomic E-state index is 15.7. The number of carbonyl (C=O) groups excluding carboxylic acids is 2. The molecule has 1 saturated carbocycles. The first kappa shape index (κ1) is 41.8. The van der Waals surface area contributed by atoms with Crippen molar-refractivity contribution in [3.63, 3.8) is 0 Å². The topological polar surface area (TPSA) is 147 Å². The van der Waals surface area contributed by atoms with Gasteiger partial charge in [-0.2, -0.15) is 0 Å². The first-order chi connectivity index (χ1) is 28.4. The van der Waals surface area contributed by atoms with Crippen LogP contribution in [-0.2, 0) is 35.4 Å². The fourth-order valence-electron chi connectivity index (χ4n) is 8.92. The molecule has 1 saturated heterocycles. The molecule has 2 fully saturated rings. The summed E-state index contributed by atoms with van der Waals surface area (Å²) in [5.41, 5.74) is 6.28. The number of ketones is 2. The fourth-order valence-corrected chi connectivity index (χ4v) is 10.4. The monoisotopic (exact) mass is 845 g/mol. The lowest BCUT2D eigenvalue weighted by Crippen LogP contribution is -2.68. The third-order valence-electron chi connectivity index (χ3n) is 12.9. The number of fused-ring (bicyclic) bond motifs is 4. The number of ether oxygens (including phenoxy) is 3. The highest BCUT2D eigenvalue weighted by Gasteiger charge is 2.68. The number of aliphatic hydroxyl groups is 1. The molecule has 2 heterocycles. The molecule has 0 unspecified atom stereocenters. The Morgan fingerprint density at radius 3 is 2.15 bits per heavy atom. The summed E-state index contributed by atoms with van der Waals surface area (Å²) in [4.78, 5) is 33.1. The summed E-state index contributed by atoms with van der Waals surface area (Å²) in [6.45, 7) is 11.3. The van der Waals surface area contributed by atoms with Crippen molar-refractivity contribution in [1.29, 1.82) is 0 Å². The number of benzene rings is 3. The number of nitrogens with zero attached hydrogens (tertiary/aromatic N) is 2. The molecule has 3 aliphatic carbocycles. The zero-order chi connectivity index (χ0) is 42.8. The lowest BCUT2D eigenvalue weighted by atomic mass is 9.57. The van der Waals surface area contributed by atoms with Gasteiger partial charge in [-0.15, -0.1) is 13.2 Å². The quantitative estimate of drug-likeness (QED) is 0.110. The number of hydrogen-bond donors (Lipinski definition) is 2. The minimum Gasteiger partial charge on any atom is -0.507 e. The van der Waals surface area contributed by atoms with Crippen molar-refractivity contribution in [3.05, 3.63) is 111 Å². The first-order valence-electron chi connectivity index (χ1n) is 20.4. The molecule has 11 nitrogen and oxygen atoms in total. The van der Waals surface area contributed by atoms with Crippen molar-refractivity contribution in [2.45, 2.75) is 102 Å². The number of halogens is 3. The number of aliphatic hydroxyl groups excluding tert-OH is 1. The lowest BCUT2D eigenvalue weighted by Gasteiger charge is -2.53. The van der Waals surface area contributed by atoms with Crippen molar-refractivity contribution in [2.75, 3.05) is 13.1 Å². The van der Waals surface area contributed by atoms with Crippen molar-refractivity contribution in [2.24, 2.45) is 17.6 Å². The molecule has 0 bridgehead atoms. The number of alkyl halides is 3. The molecule has 1 aromatic heterocycles. The van der Waals surface area contributed by atoms with Crippen LogP contribution >= 0.6 is 0 Å². The van der Waals surface area contributed by atoms with Crippen LogP contribution in [0.3, 0.4) is 0 Å². The molecule has 8 rings (SSSR count). The van der Waals surface area contributed by atoms with Crippen LogP contribution in [0, 0.1) is 11.8 Å². The van der Waals surface area contributed by atoms with Crippen molar-refractivity contribution in [1.82, 2.24) is 10.1 Å². The van der Waals surface area contributed by atoms with Crippen molar-refractivity contribution < 1.29 is 51.0 Å². The zero-order valence-corrected chi connectivity index (χ0v) is 35.4. The zero-order valence-electron chi connectivity index (χ0n) is 34.4. The van der Waals surface area contributed by atoms with Gasteiger partial charge in [0.05, 0.1) is 11.6 Å². The minimum atomic E-state index is -5.07. The van der Waals surface area contributed by atoms with Gasteiger partial charge in [0.25, 0.3) is 5.88 Å². The third-order valence-corrected chi connectivity index (χ3v) is 17.3. The molecule has 0 amide bonds. The van der Waals surface area contributed by atoms with Gasteiger partial charge in [-0.3, -0.25) is 14.5 Å². The molecule has 4 atom stereocenters. The summed E-state index contributed by atoms with van der Waals surface area (Å²) in [6.07, 6.45) is -3.43. The Bertz CT molecular complexity index is 2320. The summed E-state index contributed by atoms with van der Waals surface area (Å²) in [5.74, 6) is -4.58. The van der Waals surface area contributed by atoms with E-state index in [1.807, 2.05) is 99.4 Å². The van der Waals surface area contributed by atoms with E-state index < -0.39 is 66.3 Å². The lowest BCUT2D eigenvalue weighted by molar-refractivity contribution is -0.275. The Morgan fingerprint density at radius 2 is 1.55 bits per heavy atom. The van der Waals surface area contributed by atoms with E-state index in [1.54, 1.807) is 0 Å². The minimum absolute atomic E-state index is 0.0194. The number of rotatable bonds is 11. The second kappa shape index (κ2) is 15.5. The van der Waals surface area contributed by atoms with Gasteiger partial charge < -0.3 is 34.0 Å². The van der Waals surface area contributed by atoms with E-state index in [1.165, 1.54) is 6.07 Å². The highest BCUT2D eigenvalue weighted by Crippen LogP contribution is 2.58. The van der Waals surface area contributed by atoms with Crippen LogP contribution in [0.1, 0.15) is 90.0 Å². The largest absolute Gasteiger partial charge is 0.573 e. The van der Waals surface area contributed by atoms with E-state index in [9.17, 15) is 18.3 Å². The molecule has 3 aromatic carbocycles. The van der Waals surface area contributed by atoms with Crippen LogP contribution in [0.2, 0.25) is 18.1 Å². The van der Waals surface area contributed by atoms with E-state index in [0.717, 1.165) is 24.0 Å². The summed E-state index contributed by atoms with van der Waals surface area (Å²) in [5, 5.41) is 16.1. The maximum absolute atomic E-state index is 15.7. The highest BCUT2D eigenvalue weighted by molar-refractivity contribution is 6.74. The Balaban J connectivity index is 1.30. The van der Waals surface area contributed by atoms with Crippen molar-refractivity contribution >= 4 is 25.6 Å². The predicted molar refractivity (Wildman–Crippen MR) is 218 cm³/mol. The van der Waals surface area contributed by atoms with E-state index in [4.69, 9.17) is 28.9 Å². The fraction of sp³-hybridized carbons (Fsp3) is 0.444. The Kier molecular flexibility index (Phi) is 10.8. The first-order valence-corrected chi connectivity index (χ1v) is 23.3. The molecule has 0 spiro atoms. The van der Waals surface area contributed by atoms with Crippen LogP contribution in [0.25, 0.3) is 5.76 Å². The number of Topliss-reactive ketones (excluding diaryl/α,β-unsaturated/α-hetero) is 2. The average Bonchev–Trinajstić information content (AvgIpc) is 3.87. The van der Waals surface area contributed by atoms with Crippen LogP contribution in [-0.4, -0.2) is 60.1 Å². The standard InChI is InChI=1S/C45H50F3N3O8Si/c1-43(2,3)60(4,5)59-44-31(36(49)39-35(41(44)54)42(50-58-39)56-25-27-16-10-7-11-17-27)21-28-20-30-34(37(52)33(28)40(44)53)32(55-24-26-14-8-6-9-15-26)22-29(23-51-18-12-13-19-51)38(30)57-45(46,47)48/h6-11,14-17,22,28,31,36,52H,12-13,18-21,23-25,49H2,1-5H3/t28-,31-,36-,44-/m0/s1. The predicted octanol–water partition coefficient (Wildman–Crippen LogP) is 9.01. The average molecular weight is 846 g/mol. The van der Waals surface area contributed by atoms with Gasteiger partial charge in [0, 0.05) is 29.2 Å². The Labute approximate surface area is 347 Å². The third kappa shape index (κ3) is 7.43. The van der Waals surface area contributed by atoms with E-state index in [2.05, 4.69) is 5.16 Å². The molecular formula is C45H50F3N3O8Si. The molecule has 0 radical (unpaired) electrons. The number of carbonyl (C=O) groups is 2. The van der Waals surface area contributed by atoms with Gasteiger partial charge in [0.2, 0.25) is 11.6 Å². The van der Waals surface area contributed by atoms with Gasteiger partial charge in [-0.25, -0.2) is 0 Å². The second-order valence-corrected chi connectivity index (χ2v) is 22.5. The van der Waals surface area contributed by atoms with E-state index in [-0.39, 0.29) is 77.8 Å². The van der Waals surface area contributed by atoms with Gasteiger partial charge in [0.15, 0.2) is 19.7 Å². The summed E-state index contributed by atoms with van der Waals surface area (Å²) in [6, 6.07) is 18.8. The number of hydrogen-bond acceptors (Lipinski definition) is 11. The normalized spacial score (nSPS) is 23.2. The molecule has 4 aromatic rings. The molecular weight excluding hydrogens is 796 g/mol. The van der Waals surface area contributed by atoms with E-state index in [0.29, 0.717) is 13.1 Å². The van der Waals surface area contributed by atoms with Crippen LogP contribution in [0.15, 0.2) is 76.8 Å². The molecule has 60 heavy (non-hydrogen) atoms. The van der Waals surface area contributed by atoms with Crippen molar-refractivity contribution in [3.8, 4) is 17.4 Å². The maximum Gasteiger partial charge on any atom is 0.573 e.